The lowest BCUT2D eigenvalue weighted by molar-refractivity contribution is -0.137. The molecule has 0 aliphatic rings. The minimum atomic E-state index is -4.22. The van der Waals surface area contributed by atoms with E-state index >= 15 is 0 Å². The molecule has 3 nitrogen and oxygen atoms in total. The van der Waals surface area contributed by atoms with E-state index in [1.807, 2.05) is 0 Å². The van der Waals surface area contributed by atoms with Crippen molar-refractivity contribution < 1.29 is 13.2 Å². The molecule has 2 aromatic rings. The summed E-state index contributed by atoms with van der Waals surface area (Å²) in [6.07, 6.45) is -2.18. The van der Waals surface area contributed by atoms with Gasteiger partial charge in [-0.05, 0) is 5.56 Å². The van der Waals surface area contributed by atoms with Gasteiger partial charge in [0.1, 0.15) is 0 Å². The van der Waals surface area contributed by atoms with Gasteiger partial charge in [-0.25, -0.2) is 0 Å². The first-order chi connectivity index (χ1) is 8.54. The largest absolute Gasteiger partial charge is 0.391 e. The summed E-state index contributed by atoms with van der Waals surface area (Å²) in [6, 6.07) is 7.73. The number of halogens is 3. The maximum atomic E-state index is 12.6. The van der Waals surface area contributed by atoms with Crippen molar-refractivity contribution in [1.82, 2.24) is 10.2 Å². The van der Waals surface area contributed by atoms with Crippen molar-refractivity contribution in [2.24, 2.45) is 0 Å². The molecule has 0 saturated heterocycles. The van der Waals surface area contributed by atoms with Gasteiger partial charge < -0.3 is 5.32 Å². The zero-order chi connectivity index (χ0) is 13.0. The van der Waals surface area contributed by atoms with Gasteiger partial charge in [-0.15, -0.1) is 0 Å². The summed E-state index contributed by atoms with van der Waals surface area (Å²) in [6.45, 7) is 0. The van der Waals surface area contributed by atoms with E-state index in [4.69, 9.17) is 0 Å². The Kier molecular flexibility index (Phi) is 3.55. The zero-order valence-corrected chi connectivity index (χ0v) is 9.41. The first-order valence-electron chi connectivity index (χ1n) is 5.41. The van der Waals surface area contributed by atoms with Crippen LogP contribution in [0.15, 0.2) is 42.7 Å². The molecule has 96 valence electrons. The maximum absolute atomic E-state index is 12.6. The Morgan fingerprint density at radius 1 is 1.22 bits per heavy atom. The summed E-state index contributed by atoms with van der Waals surface area (Å²) >= 11 is 0. The smallest absolute Gasteiger partial charge is 0.375 e. The Bertz CT molecular complexity index is 465. The average Bonchev–Trinajstić information content (AvgIpc) is 2.80. The second kappa shape index (κ2) is 5.12. The lowest BCUT2D eigenvalue weighted by Gasteiger charge is -2.20. The Morgan fingerprint density at radius 3 is 2.50 bits per heavy atom. The van der Waals surface area contributed by atoms with E-state index in [-0.39, 0.29) is 0 Å². The first-order valence-corrected chi connectivity index (χ1v) is 5.41. The van der Waals surface area contributed by atoms with Gasteiger partial charge >= 0.3 is 6.18 Å². The van der Waals surface area contributed by atoms with Gasteiger partial charge in [-0.2, -0.15) is 18.3 Å². The molecule has 2 N–H and O–H groups in total. The van der Waals surface area contributed by atoms with Crippen LogP contribution in [0.2, 0.25) is 0 Å². The fourth-order valence-electron chi connectivity index (χ4n) is 1.70. The summed E-state index contributed by atoms with van der Waals surface area (Å²) in [5.74, 6) is 0. The van der Waals surface area contributed by atoms with Crippen LogP contribution in [0.1, 0.15) is 18.0 Å². The van der Waals surface area contributed by atoms with Crippen LogP contribution in [0.25, 0.3) is 0 Å². The normalized spacial score (nSPS) is 13.3. The second-order valence-corrected chi connectivity index (χ2v) is 3.91. The highest BCUT2D eigenvalue weighted by Gasteiger charge is 2.32. The highest BCUT2D eigenvalue weighted by atomic mass is 19.4. The van der Waals surface area contributed by atoms with Crippen LogP contribution in [0.4, 0.5) is 18.9 Å². The van der Waals surface area contributed by atoms with E-state index in [0.717, 1.165) is 0 Å². The number of aromatic amines is 1. The molecule has 18 heavy (non-hydrogen) atoms. The van der Waals surface area contributed by atoms with Crippen molar-refractivity contribution in [3.05, 3.63) is 48.3 Å². The molecule has 0 aliphatic carbocycles. The first kappa shape index (κ1) is 12.5. The van der Waals surface area contributed by atoms with Gasteiger partial charge in [0.15, 0.2) is 0 Å². The van der Waals surface area contributed by atoms with E-state index in [1.165, 1.54) is 12.4 Å². The summed E-state index contributed by atoms with van der Waals surface area (Å²) in [4.78, 5) is 0. The molecule has 0 aliphatic heterocycles. The molecule has 0 radical (unpaired) electrons. The number of H-pyrrole nitrogens is 1. The number of benzene rings is 1. The molecule has 6 heteroatoms. The Labute approximate surface area is 102 Å². The van der Waals surface area contributed by atoms with Gasteiger partial charge in [0.05, 0.1) is 24.3 Å². The van der Waals surface area contributed by atoms with Gasteiger partial charge in [-0.3, -0.25) is 5.10 Å². The second-order valence-electron chi connectivity index (χ2n) is 3.91. The molecular weight excluding hydrogens is 243 g/mol. The molecule has 0 bridgehead atoms. The molecule has 0 saturated carbocycles. The average molecular weight is 255 g/mol. The van der Waals surface area contributed by atoms with Crippen molar-refractivity contribution >= 4 is 5.69 Å². The van der Waals surface area contributed by atoms with Gasteiger partial charge in [-0.1, -0.05) is 30.3 Å². The van der Waals surface area contributed by atoms with Crippen molar-refractivity contribution in [2.75, 3.05) is 5.32 Å². The van der Waals surface area contributed by atoms with Crippen molar-refractivity contribution in [3.63, 3.8) is 0 Å². The summed E-state index contributed by atoms with van der Waals surface area (Å²) in [5, 5.41) is 9.07. The predicted octanol–water partition coefficient (Wildman–Crippen LogP) is 3.52. The van der Waals surface area contributed by atoms with Gasteiger partial charge in [0.2, 0.25) is 0 Å². The van der Waals surface area contributed by atoms with E-state index in [2.05, 4.69) is 15.5 Å². The number of hydrogen-bond acceptors (Lipinski definition) is 2. The van der Waals surface area contributed by atoms with Crippen LogP contribution in [0.3, 0.4) is 0 Å². The van der Waals surface area contributed by atoms with Crippen LogP contribution in [-0.2, 0) is 0 Å². The highest BCUT2D eigenvalue weighted by molar-refractivity contribution is 5.41. The predicted molar refractivity (Wildman–Crippen MR) is 62.1 cm³/mol. The van der Waals surface area contributed by atoms with Crippen molar-refractivity contribution in [2.45, 2.75) is 18.6 Å². The maximum Gasteiger partial charge on any atom is 0.391 e. The van der Waals surface area contributed by atoms with Crippen LogP contribution in [0.5, 0.6) is 0 Å². The SMILES string of the molecule is FC(F)(F)CC(Nc1cn[nH]c1)c1ccccc1. The third kappa shape index (κ3) is 3.51. The lowest BCUT2D eigenvalue weighted by Crippen LogP contribution is -2.19. The van der Waals surface area contributed by atoms with E-state index in [9.17, 15) is 13.2 Å². The molecule has 1 aromatic heterocycles. The lowest BCUT2D eigenvalue weighted by atomic mass is 10.0. The molecule has 2 rings (SSSR count). The van der Waals surface area contributed by atoms with Crippen LogP contribution < -0.4 is 5.32 Å². The third-order valence-electron chi connectivity index (χ3n) is 2.48. The van der Waals surface area contributed by atoms with Crippen LogP contribution >= 0.6 is 0 Å². The number of rotatable bonds is 4. The van der Waals surface area contributed by atoms with E-state index in [0.29, 0.717) is 11.3 Å². The zero-order valence-electron chi connectivity index (χ0n) is 9.41. The topological polar surface area (TPSA) is 40.7 Å². The van der Waals surface area contributed by atoms with E-state index < -0.39 is 18.6 Å². The van der Waals surface area contributed by atoms with Crippen molar-refractivity contribution in [1.29, 1.82) is 0 Å². The molecule has 0 spiro atoms. The number of alkyl halides is 3. The number of hydrogen-bond donors (Lipinski definition) is 2. The quantitative estimate of drug-likeness (QED) is 0.877. The molecule has 0 amide bonds. The summed E-state index contributed by atoms with van der Waals surface area (Å²) in [7, 11) is 0. The molecule has 0 fully saturated rings. The Hall–Kier alpha value is -1.98. The third-order valence-corrected chi connectivity index (χ3v) is 2.48. The van der Waals surface area contributed by atoms with Gasteiger partial charge in [0, 0.05) is 6.20 Å². The monoisotopic (exact) mass is 255 g/mol. The number of nitrogens with one attached hydrogen (secondary N) is 2. The molecule has 1 aromatic carbocycles. The molecule has 1 atom stereocenters. The summed E-state index contributed by atoms with van der Waals surface area (Å²) in [5.41, 5.74) is 1.13. The van der Waals surface area contributed by atoms with E-state index in [1.54, 1.807) is 30.3 Å². The highest BCUT2D eigenvalue weighted by Crippen LogP contribution is 2.31. The standard InChI is InChI=1S/C12H12F3N3/c13-12(14,15)6-11(9-4-2-1-3-5-9)18-10-7-16-17-8-10/h1-5,7-8,11,18H,6H2,(H,16,17). The fraction of sp³-hybridized carbons (Fsp3) is 0.250. The van der Waals surface area contributed by atoms with Crippen molar-refractivity contribution in [3.8, 4) is 0 Å². The molecular formula is C12H12F3N3. The number of nitrogens with zero attached hydrogens (tertiary/aromatic N) is 1. The summed E-state index contributed by atoms with van der Waals surface area (Å²) < 4.78 is 37.7. The Morgan fingerprint density at radius 2 is 1.94 bits per heavy atom. The number of aromatic nitrogens is 2. The van der Waals surface area contributed by atoms with Crippen LogP contribution in [0, 0.1) is 0 Å². The molecule has 1 heterocycles. The van der Waals surface area contributed by atoms with Crippen LogP contribution in [-0.4, -0.2) is 16.4 Å². The molecule has 1 unspecified atom stereocenters. The minimum absolute atomic E-state index is 0.535. The van der Waals surface area contributed by atoms with Gasteiger partial charge in [0.25, 0.3) is 0 Å². The minimum Gasteiger partial charge on any atom is -0.375 e. The fourth-order valence-corrected chi connectivity index (χ4v) is 1.70. The Balaban J connectivity index is 2.18. The number of anilines is 1.